The molecule has 0 radical (unpaired) electrons. The third-order valence-corrected chi connectivity index (χ3v) is 5.33. The van der Waals surface area contributed by atoms with E-state index in [1.807, 2.05) is 6.92 Å². The number of rotatable bonds is 10. The number of carbonyl (C=O) groups excluding carboxylic acids is 1. The third-order valence-electron chi connectivity index (χ3n) is 2.56. The molecule has 0 aliphatic rings. The average Bonchev–Trinajstić information content (AvgIpc) is 2.40. The molecule has 1 atom stereocenters. The van der Waals surface area contributed by atoms with Crippen molar-refractivity contribution < 1.29 is 27.5 Å². The van der Waals surface area contributed by atoms with Gasteiger partial charge in [-0.1, -0.05) is 6.58 Å². The molecule has 7 heteroatoms. The molecule has 0 bridgehead atoms. The van der Waals surface area contributed by atoms with Crippen LogP contribution in [0.1, 0.15) is 20.3 Å². The molecule has 0 aliphatic heterocycles. The molecule has 1 unspecified atom stereocenters. The van der Waals surface area contributed by atoms with Crippen LogP contribution >= 0.6 is 0 Å². The first-order chi connectivity index (χ1) is 8.94. The molecular formula is C12H24O6Si. The molecule has 0 aliphatic carbocycles. The lowest BCUT2D eigenvalue weighted by Crippen LogP contribution is -2.43. The Morgan fingerprint density at radius 2 is 1.74 bits per heavy atom. The fourth-order valence-electron chi connectivity index (χ4n) is 1.43. The van der Waals surface area contributed by atoms with Gasteiger partial charge in [0.1, 0.15) is 0 Å². The highest BCUT2D eigenvalue weighted by molar-refractivity contribution is 6.60. The molecule has 19 heavy (non-hydrogen) atoms. The number of hydrogen-bond acceptors (Lipinski definition) is 6. The Bertz CT molecular complexity index is 282. The van der Waals surface area contributed by atoms with Crippen LogP contribution in [0.15, 0.2) is 12.2 Å². The van der Waals surface area contributed by atoms with E-state index >= 15 is 0 Å². The van der Waals surface area contributed by atoms with E-state index < -0.39 is 21.1 Å². The van der Waals surface area contributed by atoms with Gasteiger partial charge in [0.15, 0.2) is 0 Å². The number of hydrogen-bond donors (Lipinski definition) is 0. The summed E-state index contributed by atoms with van der Waals surface area (Å²) >= 11 is 0. The summed E-state index contributed by atoms with van der Waals surface area (Å²) < 4.78 is 26.4. The van der Waals surface area contributed by atoms with E-state index in [9.17, 15) is 4.79 Å². The normalized spacial score (nSPS) is 13.1. The maximum Gasteiger partial charge on any atom is 0.500 e. The summed E-state index contributed by atoms with van der Waals surface area (Å²) in [6, 6.07) is 0.491. The van der Waals surface area contributed by atoms with E-state index in [0.717, 1.165) is 0 Å². The van der Waals surface area contributed by atoms with Crippen molar-refractivity contribution in [3.05, 3.63) is 12.2 Å². The average molecular weight is 292 g/mol. The minimum absolute atomic E-state index is 0.332. The van der Waals surface area contributed by atoms with E-state index in [1.54, 1.807) is 6.92 Å². The highest BCUT2D eigenvalue weighted by Gasteiger charge is 2.38. The van der Waals surface area contributed by atoms with Gasteiger partial charge in [0.05, 0.1) is 0 Å². The minimum atomic E-state index is -2.68. The summed E-state index contributed by atoms with van der Waals surface area (Å²) in [5.41, 5.74) is 0.332. The molecule has 0 saturated carbocycles. The Hall–Kier alpha value is -0.733. The number of carbonyl (C=O) groups is 1. The molecule has 112 valence electrons. The predicted octanol–water partition coefficient (Wildman–Crippen LogP) is 1.74. The van der Waals surface area contributed by atoms with Crippen molar-refractivity contribution >= 4 is 14.8 Å². The van der Waals surface area contributed by atoms with E-state index in [4.69, 9.17) is 22.8 Å². The van der Waals surface area contributed by atoms with Gasteiger partial charge in [0.25, 0.3) is 0 Å². The van der Waals surface area contributed by atoms with Gasteiger partial charge in [0, 0.05) is 46.0 Å². The summed E-state index contributed by atoms with van der Waals surface area (Å²) in [5, 5.41) is 0. The van der Waals surface area contributed by atoms with Crippen molar-refractivity contribution in [2.75, 3.05) is 27.9 Å². The Morgan fingerprint density at radius 3 is 2.11 bits per heavy atom. The van der Waals surface area contributed by atoms with Crippen LogP contribution < -0.4 is 0 Å². The topological polar surface area (TPSA) is 63.2 Å². The highest BCUT2D eigenvalue weighted by atomic mass is 28.4. The maximum absolute atomic E-state index is 11.5. The highest BCUT2D eigenvalue weighted by Crippen LogP contribution is 2.18. The lowest BCUT2D eigenvalue weighted by Gasteiger charge is -2.26. The molecule has 0 aromatic heterocycles. The van der Waals surface area contributed by atoms with Crippen LogP contribution in [0, 0.1) is 0 Å². The van der Waals surface area contributed by atoms with Gasteiger partial charge in [-0.05, 0) is 13.8 Å². The largest absolute Gasteiger partial charge is 0.500 e. The molecule has 0 aromatic carbocycles. The first-order valence-electron chi connectivity index (χ1n) is 6.08. The lowest BCUT2D eigenvalue weighted by molar-refractivity contribution is -0.174. The molecule has 0 saturated heterocycles. The van der Waals surface area contributed by atoms with Crippen molar-refractivity contribution in [1.82, 2.24) is 0 Å². The fraction of sp³-hybridized carbons (Fsp3) is 0.750. The van der Waals surface area contributed by atoms with Crippen LogP contribution in [0.2, 0.25) is 6.04 Å². The molecular weight excluding hydrogens is 268 g/mol. The minimum Gasteiger partial charge on any atom is -0.432 e. The quantitative estimate of drug-likeness (QED) is 0.264. The second-order valence-electron chi connectivity index (χ2n) is 3.90. The van der Waals surface area contributed by atoms with Crippen molar-refractivity contribution in [2.24, 2.45) is 0 Å². The SMILES string of the molecule is C=C(C)C(=O)OC(CC[Si](OC)(OC)OC)OCC. The molecule has 0 N–H and O–H groups in total. The zero-order valence-corrected chi connectivity index (χ0v) is 13.4. The molecule has 0 fully saturated rings. The summed E-state index contributed by atoms with van der Waals surface area (Å²) in [4.78, 5) is 11.5. The molecule has 0 rings (SSSR count). The van der Waals surface area contributed by atoms with Crippen molar-refractivity contribution in [3.63, 3.8) is 0 Å². The lowest BCUT2D eigenvalue weighted by atomic mass is 10.3. The van der Waals surface area contributed by atoms with Gasteiger partial charge < -0.3 is 22.8 Å². The Labute approximate surface area is 116 Å². The van der Waals surface area contributed by atoms with Crippen molar-refractivity contribution in [1.29, 1.82) is 0 Å². The van der Waals surface area contributed by atoms with Gasteiger partial charge in [-0.15, -0.1) is 0 Å². The molecule has 0 heterocycles. The van der Waals surface area contributed by atoms with Crippen LogP contribution in [0.4, 0.5) is 0 Å². The molecule has 6 nitrogen and oxygen atoms in total. The Kier molecular flexibility index (Phi) is 8.86. The number of ether oxygens (including phenoxy) is 2. The van der Waals surface area contributed by atoms with Gasteiger partial charge in [-0.2, -0.15) is 0 Å². The first-order valence-corrected chi connectivity index (χ1v) is 8.01. The van der Waals surface area contributed by atoms with Crippen molar-refractivity contribution in [2.45, 2.75) is 32.6 Å². The zero-order valence-electron chi connectivity index (χ0n) is 12.4. The number of esters is 1. The van der Waals surface area contributed by atoms with Crippen LogP contribution in [0.5, 0.6) is 0 Å². The standard InChI is InChI=1S/C12H24O6Si/c1-7-17-11(18-12(13)10(2)3)8-9-19(14-4,15-5)16-6/h11H,2,7-9H2,1,3-6H3. The maximum atomic E-state index is 11.5. The van der Waals surface area contributed by atoms with Gasteiger partial charge in [-0.3, -0.25) is 0 Å². The van der Waals surface area contributed by atoms with E-state index in [-0.39, 0.29) is 0 Å². The third kappa shape index (κ3) is 6.30. The summed E-state index contributed by atoms with van der Waals surface area (Å²) in [7, 11) is 1.93. The first kappa shape index (κ1) is 18.3. The monoisotopic (exact) mass is 292 g/mol. The summed E-state index contributed by atoms with van der Waals surface area (Å²) in [6.07, 6.45) is -0.212. The molecule has 0 spiro atoms. The van der Waals surface area contributed by atoms with E-state index in [2.05, 4.69) is 6.58 Å². The van der Waals surface area contributed by atoms with Gasteiger partial charge in [0.2, 0.25) is 6.29 Å². The van der Waals surface area contributed by atoms with Gasteiger partial charge >= 0.3 is 14.8 Å². The summed E-state index contributed by atoms with van der Waals surface area (Å²) in [5.74, 6) is -0.474. The molecule has 0 amide bonds. The van der Waals surface area contributed by atoms with Crippen molar-refractivity contribution in [3.8, 4) is 0 Å². The zero-order chi connectivity index (χ0) is 14.9. The Morgan fingerprint density at radius 1 is 1.21 bits per heavy atom. The Balaban J connectivity index is 4.49. The van der Waals surface area contributed by atoms with E-state index in [0.29, 0.717) is 24.6 Å². The summed E-state index contributed by atoms with van der Waals surface area (Å²) in [6.45, 7) is 7.39. The van der Waals surface area contributed by atoms with Crippen LogP contribution in [0.3, 0.4) is 0 Å². The second-order valence-corrected chi connectivity index (χ2v) is 7.00. The smallest absolute Gasteiger partial charge is 0.432 e. The van der Waals surface area contributed by atoms with Crippen LogP contribution in [-0.2, 0) is 27.5 Å². The fourth-order valence-corrected chi connectivity index (χ4v) is 3.13. The van der Waals surface area contributed by atoms with Crippen LogP contribution in [-0.4, -0.2) is 49.0 Å². The second kappa shape index (κ2) is 9.22. The van der Waals surface area contributed by atoms with Crippen LogP contribution in [0.25, 0.3) is 0 Å². The molecule has 0 aromatic rings. The van der Waals surface area contributed by atoms with Gasteiger partial charge in [-0.25, -0.2) is 4.79 Å². The van der Waals surface area contributed by atoms with E-state index in [1.165, 1.54) is 21.3 Å². The predicted molar refractivity (Wildman–Crippen MR) is 72.5 cm³/mol.